The van der Waals surface area contributed by atoms with Gasteiger partial charge in [-0.25, -0.2) is 0 Å². The molecule has 0 aromatic carbocycles. The molecule has 4 rings (SSSR count). The first-order valence-corrected chi connectivity index (χ1v) is 15.3. The molecule has 2 aliphatic heterocycles. The lowest BCUT2D eigenvalue weighted by molar-refractivity contribution is -0.309. The van der Waals surface area contributed by atoms with Crippen molar-refractivity contribution in [3.63, 3.8) is 0 Å². The second kappa shape index (κ2) is 14.9. The molecule has 0 radical (unpaired) electrons. The van der Waals surface area contributed by atoms with Gasteiger partial charge in [-0.05, 0) is 77.0 Å². The molecule has 2 aliphatic carbocycles. The quantitative estimate of drug-likeness (QED) is 0.100. The summed E-state index contributed by atoms with van der Waals surface area (Å²) in [6.07, 6.45) is -0.899. The van der Waals surface area contributed by atoms with Crippen LogP contribution in [0.2, 0.25) is 0 Å². The van der Waals surface area contributed by atoms with Crippen LogP contribution in [0.5, 0.6) is 0 Å². The van der Waals surface area contributed by atoms with Crippen LogP contribution in [0.15, 0.2) is 11.8 Å². The van der Waals surface area contributed by atoms with Crippen LogP contribution >= 0.6 is 0 Å². The lowest BCUT2D eigenvalue weighted by Gasteiger charge is -2.49. The Labute approximate surface area is 248 Å². The van der Waals surface area contributed by atoms with E-state index in [2.05, 4.69) is 10.6 Å². The average Bonchev–Trinajstić information content (AvgIpc) is 2.94. The highest BCUT2D eigenvalue weighted by Crippen LogP contribution is 2.37. The van der Waals surface area contributed by atoms with Gasteiger partial charge in [0.15, 0.2) is 6.29 Å². The molecule has 14 nitrogen and oxygen atoms in total. The van der Waals surface area contributed by atoms with Gasteiger partial charge >= 0.3 is 0 Å². The number of nitrogens with one attached hydrogen (secondary N) is 2. The van der Waals surface area contributed by atoms with Gasteiger partial charge in [0.2, 0.25) is 6.29 Å². The van der Waals surface area contributed by atoms with Crippen molar-refractivity contribution in [1.29, 1.82) is 0 Å². The molecule has 14 N–H and O–H groups in total. The second-order valence-electron chi connectivity index (χ2n) is 12.8. The van der Waals surface area contributed by atoms with Gasteiger partial charge in [-0.15, -0.1) is 0 Å². The number of nitrogens with two attached hydrogens (primary N) is 4. The number of ether oxygens (including phenoxy) is 4. The van der Waals surface area contributed by atoms with E-state index in [0.29, 0.717) is 37.4 Å². The molecule has 0 amide bonds. The zero-order valence-corrected chi connectivity index (χ0v) is 24.9. The molecule has 0 aromatic heterocycles. The van der Waals surface area contributed by atoms with Crippen molar-refractivity contribution in [3.05, 3.63) is 11.8 Å². The topological polar surface area (TPSA) is 246 Å². The lowest BCUT2D eigenvalue weighted by atomic mass is 9.76. The molecule has 2 heterocycles. The van der Waals surface area contributed by atoms with Crippen LogP contribution in [0.1, 0.15) is 45.4 Å². The third kappa shape index (κ3) is 7.99. The van der Waals surface area contributed by atoms with Crippen molar-refractivity contribution >= 4 is 0 Å². The maximum absolute atomic E-state index is 11.7. The largest absolute Gasteiger partial charge is 0.467 e. The van der Waals surface area contributed by atoms with Crippen LogP contribution < -0.4 is 33.6 Å². The predicted octanol–water partition coefficient (Wildman–Crippen LogP) is -3.09. The van der Waals surface area contributed by atoms with E-state index < -0.39 is 60.8 Å². The van der Waals surface area contributed by atoms with E-state index in [0.717, 1.165) is 19.4 Å². The van der Waals surface area contributed by atoms with Crippen LogP contribution in [0.4, 0.5) is 0 Å². The first kappa shape index (κ1) is 33.9. The number of aliphatic hydroxyl groups excluding tert-OH is 3. The van der Waals surface area contributed by atoms with Gasteiger partial charge in [0.05, 0.1) is 37.4 Å². The molecule has 2 unspecified atom stereocenters. The molecule has 3 fully saturated rings. The fourth-order valence-electron chi connectivity index (χ4n) is 6.75. The van der Waals surface area contributed by atoms with Crippen molar-refractivity contribution in [1.82, 2.24) is 10.6 Å². The summed E-state index contributed by atoms with van der Waals surface area (Å²) in [5.41, 5.74) is 22.7. The predicted molar refractivity (Wildman–Crippen MR) is 154 cm³/mol. The number of rotatable bonds is 13. The van der Waals surface area contributed by atoms with Crippen molar-refractivity contribution in [2.45, 2.75) is 118 Å². The van der Waals surface area contributed by atoms with E-state index in [4.69, 9.17) is 41.9 Å². The van der Waals surface area contributed by atoms with Crippen LogP contribution in [0, 0.1) is 11.8 Å². The van der Waals surface area contributed by atoms with E-state index in [-0.39, 0.29) is 37.7 Å². The highest BCUT2D eigenvalue weighted by atomic mass is 16.7. The first-order valence-electron chi connectivity index (χ1n) is 15.3. The number of aliphatic hydroxyl groups is 4. The molecule has 14 heteroatoms. The maximum Gasteiger partial charge on any atom is 0.215 e. The zero-order valence-electron chi connectivity index (χ0n) is 24.9. The minimum absolute atomic E-state index is 0.0809. The number of likely N-dealkylation sites (N-methyl/N-ethyl adjacent to an activating group) is 1. The Hall–Kier alpha value is -0.980. The summed E-state index contributed by atoms with van der Waals surface area (Å²) in [6.45, 7) is 2.59. The van der Waals surface area contributed by atoms with Crippen LogP contribution in [0.25, 0.3) is 0 Å². The van der Waals surface area contributed by atoms with E-state index in [1.807, 2.05) is 6.08 Å². The van der Waals surface area contributed by atoms with Gasteiger partial charge < -0.3 is 72.9 Å². The number of hydrogen-bond donors (Lipinski definition) is 10. The Kier molecular flexibility index (Phi) is 12.0. The maximum atomic E-state index is 11.7. The summed E-state index contributed by atoms with van der Waals surface area (Å²) in [5, 5.41) is 50.0. The highest BCUT2D eigenvalue weighted by molar-refractivity contribution is 5.05. The molecular formula is C28H54N6O8. The second-order valence-corrected chi connectivity index (χ2v) is 12.8. The average molecular weight is 603 g/mol. The van der Waals surface area contributed by atoms with Crippen molar-refractivity contribution in [3.8, 4) is 0 Å². The molecule has 12 atom stereocenters. The fraction of sp³-hybridized carbons (Fsp3) is 0.929. The molecule has 0 spiro atoms. The first-order chi connectivity index (χ1) is 20.0. The van der Waals surface area contributed by atoms with Crippen LogP contribution in [0.3, 0.4) is 0 Å². The molecule has 0 aromatic rings. The molecule has 4 aliphatic rings. The van der Waals surface area contributed by atoms with Gasteiger partial charge in [0.25, 0.3) is 0 Å². The van der Waals surface area contributed by atoms with Crippen LogP contribution in [-0.2, 0) is 18.9 Å². The van der Waals surface area contributed by atoms with E-state index in [1.54, 1.807) is 14.0 Å². The minimum Gasteiger partial charge on any atom is -0.467 e. The van der Waals surface area contributed by atoms with Gasteiger partial charge in [-0.2, -0.15) is 0 Å². The third-order valence-electron chi connectivity index (χ3n) is 9.34. The Morgan fingerprint density at radius 1 is 1.10 bits per heavy atom. The summed E-state index contributed by atoms with van der Waals surface area (Å²) >= 11 is 0. The van der Waals surface area contributed by atoms with Gasteiger partial charge in [0.1, 0.15) is 29.7 Å². The molecule has 2 saturated carbocycles. The highest BCUT2D eigenvalue weighted by Gasteiger charge is 2.51. The molecule has 42 heavy (non-hydrogen) atoms. The van der Waals surface area contributed by atoms with Gasteiger partial charge in [0, 0.05) is 18.6 Å². The minimum atomic E-state index is -1.32. The van der Waals surface area contributed by atoms with Crippen molar-refractivity contribution in [2.75, 3.05) is 33.3 Å². The number of hydrogen-bond acceptors (Lipinski definition) is 14. The van der Waals surface area contributed by atoms with Crippen molar-refractivity contribution in [2.24, 2.45) is 34.8 Å². The smallest absolute Gasteiger partial charge is 0.215 e. The van der Waals surface area contributed by atoms with Crippen LogP contribution in [-0.4, -0.2) is 127 Å². The van der Waals surface area contributed by atoms with Gasteiger partial charge in [-0.3, -0.25) is 0 Å². The molecule has 1 saturated heterocycles. The summed E-state index contributed by atoms with van der Waals surface area (Å²) < 4.78 is 24.6. The Balaban J connectivity index is 1.49. The van der Waals surface area contributed by atoms with Gasteiger partial charge in [-0.1, -0.05) is 0 Å². The monoisotopic (exact) mass is 602 g/mol. The van der Waals surface area contributed by atoms with Crippen molar-refractivity contribution < 1.29 is 39.4 Å². The lowest BCUT2D eigenvalue weighted by Crippen LogP contribution is -2.67. The summed E-state index contributed by atoms with van der Waals surface area (Å²) in [4.78, 5) is 0. The molecule has 244 valence electrons. The van der Waals surface area contributed by atoms with E-state index in [9.17, 15) is 20.4 Å². The Morgan fingerprint density at radius 2 is 1.81 bits per heavy atom. The standard InChI is InChI=1S/C28H54N6O8/c1-28(38)13-39-27(22(37)25(28)33-2)41-23-15(3-4-17(35)10-29)9-19(32)24(21(23)36)42-26-20(6-5-18(11-30)40-26)34-12-14-7-16(31)8-14/h5,14-17,19-27,33-38H,3-4,6-13,29-32H2,1-2H3/t14?,15-,16?,17?,19+,20-,21-,22-,23+,24?,25-,26-,27-,28+/m1/s1. The SMILES string of the molecule is CN[C@@H]1[C@@H](O)[C@@H](O[C@H]2[C@H](CCC(O)CN)C[C@H](N)C(O[C@H]3OC(CN)=CC[C@H]3NCC3CC(N)C3)[C@@H]2O)OC[C@]1(C)O. The molecule has 0 bridgehead atoms. The third-order valence-corrected chi connectivity index (χ3v) is 9.34. The Bertz CT molecular complexity index is 879. The van der Waals surface area contributed by atoms with E-state index >= 15 is 0 Å². The summed E-state index contributed by atoms with van der Waals surface area (Å²) in [5.74, 6) is 0.813. The fourth-order valence-corrected chi connectivity index (χ4v) is 6.75. The Morgan fingerprint density at radius 3 is 2.45 bits per heavy atom. The zero-order chi connectivity index (χ0) is 30.6. The van der Waals surface area contributed by atoms with E-state index in [1.165, 1.54) is 0 Å². The molecular weight excluding hydrogens is 548 g/mol. The summed E-state index contributed by atoms with van der Waals surface area (Å²) in [6, 6.07) is -1.22. The normalized spacial score (nSPS) is 45.0. The summed E-state index contributed by atoms with van der Waals surface area (Å²) in [7, 11) is 1.64.